The molecule has 0 aliphatic rings. The molecule has 0 aromatic heterocycles. The van der Waals surface area contributed by atoms with Gasteiger partial charge >= 0.3 is 38.7 Å². The zero-order chi connectivity index (χ0) is 3.58. The van der Waals surface area contributed by atoms with Crippen LogP contribution in [0.1, 0.15) is 0 Å². The van der Waals surface area contributed by atoms with Crippen LogP contribution in [0.15, 0.2) is 0 Å². The third-order valence-electron chi connectivity index (χ3n) is 0. The molecular formula is H3GdNaO3Si. The Bertz CT molecular complexity index is 33.8. The van der Waals surface area contributed by atoms with Gasteiger partial charge < -0.3 is 9.59 Å². The van der Waals surface area contributed by atoms with E-state index >= 15 is 0 Å². The van der Waals surface area contributed by atoms with Crippen LogP contribution in [0.25, 0.3) is 0 Å². The first-order valence-electron chi connectivity index (χ1n) is 0.651. The molecule has 0 bridgehead atoms. The first-order chi connectivity index (χ1) is 1.73. The standard InChI is InChI=1S/Gd.Na.H2O3Si.H/c;;1-4(2)3;/h;;1-2H;. The van der Waals surface area contributed by atoms with Crippen molar-refractivity contribution in [2.24, 2.45) is 0 Å². The Balaban J connectivity index is -0.0000000450. The van der Waals surface area contributed by atoms with Gasteiger partial charge in [0.25, 0.3) is 0 Å². The Morgan fingerprint density at radius 3 is 1.33 bits per heavy atom. The topological polar surface area (TPSA) is 57.5 Å². The van der Waals surface area contributed by atoms with Crippen LogP contribution in [0.2, 0.25) is 0 Å². The summed E-state index contributed by atoms with van der Waals surface area (Å²) in [5.74, 6) is 0. The van der Waals surface area contributed by atoms with Crippen LogP contribution in [0.3, 0.4) is 0 Å². The summed E-state index contributed by atoms with van der Waals surface area (Å²) in [4.78, 5) is 14.3. The van der Waals surface area contributed by atoms with Gasteiger partial charge in [0.15, 0.2) is 0 Å². The van der Waals surface area contributed by atoms with E-state index in [0.29, 0.717) is 0 Å². The van der Waals surface area contributed by atoms with Crippen molar-refractivity contribution >= 4 is 38.7 Å². The van der Waals surface area contributed by atoms with Crippen LogP contribution in [-0.4, -0.2) is 48.3 Å². The third-order valence-corrected chi connectivity index (χ3v) is 0. The van der Waals surface area contributed by atoms with E-state index in [9.17, 15) is 0 Å². The summed E-state index contributed by atoms with van der Waals surface area (Å²) in [6.07, 6.45) is 0. The molecule has 2 N–H and O–H groups in total. The monoisotopic (exact) mass is 260 g/mol. The van der Waals surface area contributed by atoms with Crippen LogP contribution in [0, 0.1) is 39.9 Å². The van der Waals surface area contributed by atoms with Crippen LogP contribution >= 0.6 is 0 Å². The van der Waals surface area contributed by atoms with E-state index in [1.807, 2.05) is 0 Å². The molecule has 6 heavy (non-hydrogen) atoms. The zero-order valence-electron chi connectivity index (χ0n) is 2.16. The predicted octanol–water partition coefficient (Wildman–Crippen LogP) is -2.26. The number of hydrogen-bond donors (Lipinski definition) is 2. The molecule has 0 aromatic rings. The second-order valence-corrected chi connectivity index (χ2v) is 0.848. The molecule has 0 unspecified atom stereocenters. The first kappa shape index (κ1) is 15.7. The third kappa shape index (κ3) is 38.5. The Labute approximate surface area is 91.0 Å². The van der Waals surface area contributed by atoms with Gasteiger partial charge in [0.05, 0.1) is 0 Å². The molecule has 0 heterocycles. The van der Waals surface area contributed by atoms with Crippen LogP contribution < -0.4 is 0 Å². The van der Waals surface area contributed by atoms with Crippen molar-refractivity contribution < 1.29 is 54.0 Å². The van der Waals surface area contributed by atoms with E-state index < -0.39 is 9.17 Å². The summed E-state index contributed by atoms with van der Waals surface area (Å²) < 4.78 is 8.74. The quantitative estimate of drug-likeness (QED) is 0.483. The molecule has 0 aliphatic carbocycles. The van der Waals surface area contributed by atoms with Crippen molar-refractivity contribution in [3.63, 3.8) is 0 Å². The molecular weight excluding hydrogens is 256 g/mol. The molecule has 0 amide bonds. The van der Waals surface area contributed by atoms with Crippen molar-refractivity contribution in [2.45, 2.75) is 0 Å². The van der Waals surface area contributed by atoms with E-state index in [0.717, 1.165) is 0 Å². The summed E-state index contributed by atoms with van der Waals surface area (Å²) in [6.45, 7) is 0. The van der Waals surface area contributed by atoms with Gasteiger partial charge in [-0.25, -0.2) is 0 Å². The molecule has 0 fully saturated rings. The fourth-order valence-electron chi connectivity index (χ4n) is 0. The predicted molar refractivity (Wildman–Crippen MR) is 18.0 cm³/mol. The molecule has 6 heteroatoms. The van der Waals surface area contributed by atoms with Gasteiger partial charge in [0.2, 0.25) is 0 Å². The normalized spacial score (nSPS) is 4.00. The van der Waals surface area contributed by atoms with Gasteiger partial charge in [0.1, 0.15) is 0 Å². The average molecular weight is 259 g/mol. The zero-order valence-corrected chi connectivity index (χ0v) is 5.42. The van der Waals surface area contributed by atoms with Gasteiger partial charge in [-0.15, -0.1) is 0 Å². The Morgan fingerprint density at radius 1 is 1.33 bits per heavy atom. The van der Waals surface area contributed by atoms with E-state index in [1.165, 1.54) is 0 Å². The summed E-state index contributed by atoms with van der Waals surface area (Å²) in [7, 11) is -3.13. The minimum absolute atomic E-state index is 0. The average Bonchev–Trinajstić information content (AvgIpc) is 0.811. The molecule has 0 atom stereocenters. The molecule has 0 spiro atoms. The molecule has 0 rings (SSSR count). The molecule has 0 saturated carbocycles. The fourth-order valence-corrected chi connectivity index (χ4v) is 0. The van der Waals surface area contributed by atoms with Crippen molar-refractivity contribution in [1.29, 1.82) is 0 Å². The summed E-state index contributed by atoms with van der Waals surface area (Å²) >= 11 is 0. The van der Waals surface area contributed by atoms with Gasteiger partial charge in [-0.3, -0.25) is 4.46 Å². The van der Waals surface area contributed by atoms with Crippen molar-refractivity contribution in [3.05, 3.63) is 0 Å². The van der Waals surface area contributed by atoms with Crippen molar-refractivity contribution in [3.8, 4) is 0 Å². The summed E-state index contributed by atoms with van der Waals surface area (Å²) in [6, 6.07) is 0. The van der Waals surface area contributed by atoms with E-state index in [1.54, 1.807) is 0 Å². The van der Waals surface area contributed by atoms with Crippen LogP contribution in [0.4, 0.5) is 0 Å². The Morgan fingerprint density at radius 2 is 1.33 bits per heavy atom. The van der Waals surface area contributed by atoms with E-state index in [-0.39, 0.29) is 69.5 Å². The maximum absolute atomic E-state index is 8.74. The van der Waals surface area contributed by atoms with Crippen LogP contribution in [0.5, 0.6) is 0 Å². The maximum atomic E-state index is 8.74. The molecule has 3 nitrogen and oxygen atoms in total. The number of hydrogen-bond acceptors (Lipinski definition) is 1. The molecule has 0 radical (unpaired) electrons. The molecule has 34 valence electrons. The van der Waals surface area contributed by atoms with Crippen LogP contribution in [-0.2, 0) is 4.46 Å². The second kappa shape index (κ2) is 10.0. The SMILES string of the molecule is O=[Si](O)O.[Gd].[NaH]. The minimum atomic E-state index is -3.13. The Kier molecular flexibility index (Phi) is 26.2. The molecule has 0 aromatic carbocycles. The van der Waals surface area contributed by atoms with Gasteiger partial charge in [0, 0.05) is 39.9 Å². The second-order valence-electron chi connectivity index (χ2n) is 0.283. The summed E-state index contributed by atoms with van der Waals surface area (Å²) in [5, 5.41) is 0. The number of rotatable bonds is 0. The fraction of sp³-hybridized carbons (Fsp3) is 0. The molecule has 0 saturated heterocycles. The van der Waals surface area contributed by atoms with Gasteiger partial charge in [-0.1, -0.05) is 0 Å². The van der Waals surface area contributed by atoms with Gasteiger partial charge in [-0.05, 0) is 0 Å². The first-order valence-corrected chi connectivity index (χ1v) is 1.95. The van der Waals surface area contributed by atoms with Crippen molar-refractivity contribution in [1.82, 2.24) is 0 Å². The van der Waals surface area contributed by atoms with Crippen molar-refractivity contribution in [2.75, 3.05) is 0 Å². The Hall–Kier alpha value is 1.94. The summed E-state index contributed by atoms with van der Waals surface area (Å²) in [5.41, 5.74) is 0. The molecule has 0 aliphatic heterocycles. The van der Waals surface area contributed by atoms with E-state index in [4.69, 9.17) is 14.1 Å². The van der Waals surface area contributed by atoms with Gasteiger partial charge in [-0.2, -0.15) is 0 Å². The van der Waals surface area contributed by atoms with E-state index in [2.05, 4.69) is 0 Å².